The summed E-state index contributed by atoms with van der Waals surface area (Å²) in [6.45, 7) is 1.18. The smallest absolute Gasteiger partial charge is 0.276 e. The third-order valence-corrected chi connectivity index (χ3v) is 3.77. The summed E-state index contributed by atoms with van der Waals surface area (Å²) in [6.07, 6.45) is 4.96. The molecule has 8 heteroatoms. The number of aromatic nitrogens is 4. The third kappa shape index (κ3) is 2.81. The van der Waals surface area contributed by atoms with Crippen LogP contribution in [0.25, 0.3) is 11.3 Å². The maximum absolute atomic E-state index is 12.4. The molecule has 0 radical (unpaired) electrons. The van der Waals surface area contributed by atoms with Gasteiger partial charge in [0, 0.05) is 43.3 Å². The Kier molecular flexibility index (Phi) is 3.62. The highest BCUT2D eigenvalue weighted by molar-refractivity contribution is 5.93. The predicted molar refractivity (Wildman–Crippen MR) is 85.1 cm³/mol. The molecule has 4 heterocycles. The Morgan fingerprint density at radius 3 is 2.88 bits per heavy atom. The fourth-order valence-corrected chi connectivity index (χ4v) is 2.51. The van der Waals surface area contributed by atoms with Crippen molar-refractivity contribution in [1.82, 2.24) is 25.2 Å². The van der Waals surface area contributed by atoms with Crippen molar-refractivity contribution in [1.29, 1.82) is 0 Å². The van der Waals surface area contributed by atoms with Crippen molar-refractivity contribution in [3.63, 3.8) is 0 Å². The molecule has 0 atom stereocenters. The van der Waals surface area contributed by atoms with Crippen molar-refractivity contribution < 1.29 is 9.32 Å². The van der Waals surface area contributed by atoms with E-state index in [1.807, 2.05) is 18.2 Å². The van der Waals surface area contributed by atoms with Crippen molar-refractivity contribution in [3.8, 4) is 11.3 Å². The molecule has 1 aliphatic heterocycles. The van der Waals surface area contributed by atoms with Gasteiger partial charge in [0.15, 0.2) is 11.5 Å². The van der Waals surface area contributed by atoms with E-state index >= 15 is 0 Å². The number of pyridine rings is 1. The van der Waals surface area contributed by atoms with E-state index in [4.69, 9.17) is 4.52 Å². The highest BCUT2D eigenvalue weighted by Gasteiger charge is 2.33. The minimum Gasteiger partial charge on any atom is -0.362 e. The molecular formula is C16H14N6O2. The van der Waals surface area contributed by atoms with Crippen molar-refractivity contribution in [2.75, 3.05) is 18.4 Å². The molecule has 3 aromatic rings. The van der Waals surface area contributed by atoms with E-state index in [9.17, 15) is 4.79 Å². The summed E-state index contributed by atoms with van der Waals surface area (Å²) in [7, 11) is 0. The van der Waals surface area contributed by atoms with Crippen LogP contribution in [-0.2, 0) is 0 Å². The standard InChI is InChI=1S/C16H14N6O2/c23-16(13-7-14(24-21-13)11-3-1-5-17-8-11)22-9-12(10-22)19-15-4-2-6-18-20-15/h1-8,12H,9-10H2,(H,19,20). The average molecular weight is 322 g/mol. The summed E-state index contributed by atoms with van der Waals surface area (Å²) in [5.41, 5.74) is 1.08. The zero-order chi connectivity index (χ0) is 16.4. The van der Waals surface area contributed by atoms with Crippen LogP contribution < -0.4 is 5.32 Å². The van der Waals surface area contributed by atoms with Crippen LogP contribution in [0.2, 0.25) is 0 Å². The molecule has 3 aromatic heterocycles. The van der Waals surface area contributed by atoms with Crippen LogP contribution in [0.15, 0.2) is 53.4 Å². The van der Waals surface area contributed by atoms with Gasteiger partial charge in [0.25, 0.3) is 5.91 Å². The lowest BCUT2D eigenvalue weighted by atomic mass is 10.1. The van der Waals surface area contributed by atoms with Gasteiger partial charge in [-0.05, 0) is 24.3 Å². The molecule has 1 saturated heterocycles. The van der Waals surface area contributed by atoms with Gasteiger partial charge in [-0.3, -0.25) is 9.78 Å². The number of nitrogens with zero attached hydrogens (tertiary/aromatic N) is 5. The van der Waals surface area contributed by atoms with Crippen LogP contribution in [0, 0.1) is 0 Å². The van der Waals surface area contributed by atoms with Gasteiger partial charge in [0.1, 0.15) is 5.82 Å². The van der Waals surface area contributed by atoms with E-state index in [1.54, 1.807) is 35.6 Å². The van der Waals surface area contributed by atoms with Gasteiger partial charge in [0.05, 0.1) is 6.04 Å². The predicted octanol–water partition coefficient (Wildman–Crippen LogP) is 1.46. The molecule has 24 heavy (non-hydrogen) atoms. The van der Waals surface area contributed by atoms with Gasteiger partial charge < -0.3 is 14.7 Å². The maximum Gasteiger partial charge on any atom is 0.276 e. The molecule has 0 bridgehead atoms. The maximum atomic E-state index is 12.4. The first kappa shape index (κ1) is 14.3. The Morgan fingerprint density at radius 2 is 2.12 bits per heavy atom. The van der Waals surface area contributed by atoms with Gasteiger partial charge >= 0.3 is 0 Å². The summed E-state index contributed by atoms with van der Waals surface area (Å²) in [5, 5.41) is 14.9. The molecule has 1 N–H and O–H groups in total. The topological polar surface area (TPSA) is 97.0 Å². The number of carbonyl (C=O) groups excluding carboxylic acids is 1. The first-order chi connectivity index (χ1) is 11.8. The second-order valence-electron chi connectivity index (χ2n) is 5.48. The number of hydrogen-bond donors (Lipinski definition) is 1. The van der Waals surface area contributed by atoms with Gasteiger partial charge in [-0.25, -0.2) is 0 Å². The normalized spacial score (nSPS) is 14.2. The summed E-state index contributed by atoms with van der Waals surface area (Å²) in [6, 6.07) is 9.11. The fraction of sp³-hybridized carbons (Fsp3) is 0.188. The average Bonchev–Trinajstić information content (AvgIpc) is 3.09. The SMILES string of the molecule is O=C(c1cc(-c2cccnc2)on1)N1CC(Nc2cccnn2)C1. The van der Waals surface area contributed by atoms with Crippen LogP contribution in [0.3, 0.4) is 0 Å². The summed E-state index contributed by atoms with van der Waals surface area (Å²) in [4.78, 5) is 18.1. The van der Waals surface area contributed by atoms with E-state index in [1.165, 1.54) is 0 Å². The minimum atomic E-state index is -0.147. The minimum absolute atomic E-state index is 0.147. The van der Waals surface area contributed by atoms with Crippen LogP contribution in [-0.4, -0.2) is 50.3 Å². The summed E-state index contributed by atoms with van der Waals surface area (Å²) in [5.74, 6) is 1.09. The highest BCUT2D eigenvalue weighted by atomic mass is 16.5. The largest absolute Gasteiger partial charge is 0.362 e. The van der Waals surface area contributed by atoms with Crippen LogP contribution in [0.1, 0.15) is 10.5 Å². The van der Waals surface area contributed by atoms with E-state index in [0.717, 1.165) is 5.56 Å². The van der Waals surface area contributed by atoms with Gasteiger partial charge in [0.2, 0.25) is 0 Å². The Morgan fingerprint density at radius 1 is 1.25 bits per heavy atom. The molecule has 0 aliphatic carbocycles. The van der Waals surface area contributed by atoms with E-state index in [0.29, 0.717) is 30.4 Å². The molecule has 0 unspecified atom stereocenters. The van der Waals surface area contributed by atoms with Crippen LogP contribution in [0.5, 0.6) is 0 Å². The lowest BCUT2D eigenvalue weighted by Crippen LogP contribution is -2.57. The molecule has 1 fully saturated rings. The van der Waals surface area contributed by atoms with Crippen LogP contribution in [0.4, 0.5) is 5.82 Å². The monoisotopic (exact) mass is 322 g/mol. The van der Waals surface area contributed by atoms with Crippen LogP contribution >= 0.6 is 0 Å². The Hall–Kier alpha value is -3.29. The van der Waals surface area contributed by atoms with Crippen molar-refractivity contribution in [3.05, 3.63) is 54.6 Å². The van der Waals surface area contributed by atoms with E-state index in [-0.39, 0.29) is 11.9 Å². The van der Waals surface area contributed by atoms with E-state index in [2.05, 4.69) is 25.7 Å². The molecule has 0 saturated carbocycles. The summed E-state index contributed by atoms with van der Waals surface area (Å²) < 4.78 is 5.24. The number of likely N-dealkylation sites (tertiary alicyclic amines) is 1. The number of amides is 1. The molecule has 4 rings (SSSR count). The number of hydrogen-bond acceptors (Lipinski definition) is 7. The Labute approximate surface area is 137 Å². The summed E-state index contributed by atoms with van der Waals surface area (Å²) >= 11 is 0. The Balaban J connectivity index is 1.37. The zero-order valence-corrected chi connectivity index (χ0v) is 12.7. The molecule has 120 valence electrons. The lowest BCUT2D eigenvalue weighted by Gasteiger charge is -2.39. The van der Waals surface area contributed by atoms with Crippen molar-refractivity contribution in [2.45, 2.75) is 6.04 Å². The van der Waals surface area contributed by atoms with Crippen molar-refractivity contribution >= 4 is 11.7 Å². The quantitative estimate of drug-likeness (QED) is 0.776. The van der Waals surface area contributed by atoms with Gasteiger partial charge in [-0.15, -0.1) is 5.10 Å². The number of rotatable bonds is 4. The first-order valence-corrected chi connectivity index (χ1v) is 7.50. The zero-order valence-electron chi connectivity index (χ0n) is 12.7. The number of carbonyl (C=O) groups is 1. The second-order valence-corrected chi connectivity index (χ2v) is 5.48. The molecule has 1 amide bonds. The Bertz CT molecular complexity index is 830. The lowest BCUT2D eigenvalue weighted by molar-refractivity contribution is 0.0614. The van der Waals surface area contributed by atoms with Crippen molar-refractivity contribution in [2.24, 2.45) is 0 Å². The molecular weight excluding hydrogens is 308 g/mol. The number of nitrogens with one attached hydrogen (secondary N) is 1. The molecule has 1 aliphatic rings. The first-order valence-electron chi connectivity index (χ1n) is 7.50. The number of anilines is 1. The molecule has 8 nitrogen and oxygen atoms in total. The molecule has 0 aromatic carbocycles. The third-order valence-electron chi connectivity index (χ3n) is 3.77. The van der Waals surface area contributed by atoms with E-state index < -0.39 is 0 Å². The fourth-order valence-electron chi connectivity index (χ4n) is 2.51. The highest BCUT2D eigenvalue weighted by Crippen LogP contribution is 2.21. The molecule has 0 spiro atoms. The second kappa shape index (κ2) is 6.07. The van der Waals surface area contributed by atoms with Gasteiger partial charge in [-0.2, -0.15) is 5.10 Å². The van der Waals surface area contributed by atoms with Gasteiger partial charge in [-0.1, -0.05) is 5.16 Å².